The van der Waals surface area contributed by atoms with Crippen molar-refractivity contribution in [1.82, 2.24) is 29.1 Å². The van der Waals surface area contributed by atoms with E-state index in [4.69, 9.17) is 4.42 Å². The Hall–Kier alpha value is -6.34. The quantitative estimate of drug-likeness (QED) is 0.209. The van der Waals surface area contributed by atoms with E-state index in [1.165, 1.54) is 0 Å². The lowest BCUT2D eigenvalue weighted by Crippen LogP contribution is -1.97. The molecule has 3 aromatic carbocycles. The van der Waals surface area contributed by atoms with Gasteiger partial charge >= 0.3 is 0 Å². The number of furan rings is 1. The monoisotopic (exact) mass is 578 g/mol. The Kier molecular flexibility index (Phi) is 4.87. The molecular weight excluding hydrogens is 556 g/mol. The molecule has 0 bridgehead atoms. The van der Waals surface area contributed by atoms with Crippen molar-refractivity contribution in [3.05, 3.63) is 134 Å². The molecule has 0 spiro atoms. The average Bonchev–Trinajstić information content (AvgIpc) is 3.76. The first-order valence-corrected chi connectivity index (χ1v) is 14.8. The van der Waals surface area contributed by atoms with Crippen molar-refractivity contribution in [2.75, 3.05) is 0 Å². The molecule has 7 aromatic heterocycles. The van der Waals surface area contributed by atoms with E-state index in [0.29, 0.717) is 0 Å². The van der Waals surface area contributed by atoms with Crippen LogP contribution in [0, 0.1) is 0 Å². The first kappa shape index (κ1) is 24.1. The third kappa shape index (κ3) is 3.34. The topological polar surface area (TPSA) is 74.6 Å². The Morgan fingerprint density at radius 2 is 1.18 bits per heavy atom. The van der Waals surface area contributed by atoms with Gasteiger partial charge in [-0.25, -0.2) is 0 Å². The number of fused-ring (bicyclic) bond motifs is 9. The van der Waals surface area contributed by atoms with Gasteiger partial charge in [-0.2, -0.15) is 0 Å². The van der Waals surface area contributed by atoms with Crippen molar-refractivity contribution in [2.24, 2.45) is 0 Å². The van der Waals surface area contributed by atoms with Crippen molar-refractivity contribution < 1.29 is 4.42 Å². The van der Waals surface area contributed by atoms with Gasteiger partial charge in [-0.05, 0) is 72.3 Å². The number of pyridine rings is 4. The molecule has 0 saturated carbocycles. The average molecular weight is 579 g/mol. The van der Waals surface area contributed by atoms with Gasteiger partial charge in [0.1, 0.15) is 16.6 Å². The predicted octanol–water partition coefficient (Wildman–Crippen LogP) is 9.03. The van der Waals surface area contributed by atoms with E-state index in [0.717, 1.165) is 88.4 Å². The Morgan fingerprint density at radius 1 is 0.489 bits per heavy atom. The van der Waals surface area contributed by atoms with Crippen LogP contribution in [0.5, 0.6) is 0 Å². The third-order valence-electron chi connectivity index (χ3n) is 8.77. The van der Waals surface area contributed by atoms with E-state index >= 15 is 0 Å². The van der Waals surface area contributed by atoms with Crippen LogP contribution in [0.25, 0.3) is 88.4 Å². The molecule has 0 atom stereocenters. The minimum absolute atomic E-state index is 0.831. The summed E-state index contributed by atoms with van der Waals surface area (Å²) in [5.41, 5.74) is 12.7. The van der Waals surface area contributed by atoms with Crippen LogP contribution in [0.1, 0.15) is 0 Å². The Bertz CT molecular complexity index is 2680. The molecule has 10 rings (SSSR count). The van der Waals surface area contributed by atoms with E-state index in [1.807, 2.05) is 55.2 Å². The second kappa shape index (κ2) is 9.08. The number of hydrogen-bond donors (Lipinski definition) is 0. The Labute approximate surface area is 255 Å². The molecule has 10 aromatic rings. The highest BCUT2D eigenvalue weighted by Gasteiger charge is 2.20. The highest BCUT2D eigenvalue weighted by atomic mass is 16.3. The first-order valence-electron chi connectivity index (χ1n) is 14.8. The summed E-state index contributed by atoms with van der Waals surface area (Å²) in [5.74, 6) is 0. The maximum Gasteiger partial charge on any atom is 0.159 e. The van der Waals surface area contributed by atoms with Crippen LogP contribution in [-0.2, 0) is 0 Å². The number of rotatable bonds is 3. The fourth-order valence-electron chi connectivity index (χ4n) is 6.89. The van der Waals surface area contributed by atoms with Gasteiger partial charge in [-0.1, -0.05) is 36.4 Å². The van der Waals surface area contributed by atoms with E-state index in [9.17, 15) is 0 Å². The molecule has 45 heavy (non-hydrogen) atoms. The van der Waals surface area contributed by atoms with Crippen LogP contribution in [0.15, 0.2) is 139 Å². The zero-order valence-electron chi connectivity index (χ0n) is 23.8. The molecule has 0 N–H and O–H groups in total. The van der Waals surface area contributed by atoms with E-state index < -0.39 is 0 Å². The summed E-state index contributed by atoms with van der Waals surface area (Å²) in [5, 5.41) is 3.13. The van der Waals surface area contributed by atoms with Crippen LogP contribution in [0.2, 0.25) is 0 Å². The van der Waals surface area contributed by atoms with Gasteiger partial charge in [0, 0.05) is 52.7 Å². The largest absolute Gasteiger partial charge is 0.454 e. The van der Waals surface area contributed by atoms with Gasteiger partial charge in [0.25, 0.3) is 0 Å². The van der Waals surface area contributed by atoms with Crippen molar-refractivity contribution >= 4 is 65.9 Å². The van der Waals surface area contributed by atoms with Gasteiger partial charge < -0.3 is 13.6 Å². The predicted molar refractivity (Wildman–Crippen MR) is 179 cm³/mol. The zero-order valence-corrected chi connectivity index (χ0v) is 23.8. The first-order chi connectivity index (χ1) is 22.3. The molecule has 0 radical (unpaired) electrons. The maximum absolute atomic E-state index is 6.64. The van der Waals surface area contributed by atoms with E-state index in [-0.39, 0.29) is 0 Å². The van der Waals surface area contributed by atoms with Crippen LogP contribution >= 0.6 is 0 Å². The van der Waals surface area contributed by atoms with Crippen molar-refractivity contribution in [1.29, 1.82) is 0 Å². The zero-order chi connectivity index (χ0) is 29.5. The SMILES string of the molecule is c1ccc(-n2c3cccnc3c3ncccc32)c(-c2ccc3oc4c(-n5c6ccncc6c6ncccc65)cccc4c3c2)c1. The summed E-state index contributed by atoms with van der Waals surface area (Å²) in [4.78, 5) is 18.4. The summed E-state index contributed by atoms with van der Waals surface area (Å²) < 4.78 is 11.1. The molecule has 7 heteroatoms. The van der Waals surface area contributed by atoms with Gasteiger partial charge in [0.15, 0.2) is 5.58 Å². The maximum atomic E-state index is 6.64. The second-order valence-electron chi connectivity index (χ2n) is 11.2. The fraction of sp³-hybridized carbons (Fsp3) is 0. The third-order valence-corrected chi connectivity index (χ3v) is 8.77. The Morgan fingerprint density at radius 3 is 1.98 bits per heavy atom. The van der Waals surface area contributed by atoms with Crippen LogP contribution in [0.3, 0.4) is 0 Å². The molecule has 0 fully saturated rings. The molecule has 0 aliphatic carbocycles. The van der Waals surface area contributed by atoms with E-state index in [1.54, 1.807) is 0 Å². The highest BCUT2D eigenvalue weighted by Crippen LogP contribution is 2.40. The lowest BCUT2D eigenvalue weighted by molar-refractivity contribution is 0.666. The van der Waals surface area contributed by atoms with Crippen molar-refractivity contribution in [3.8, 4) is 22.5 Å². The molecule has 210 valence electrons. The normalized spacial score (nSPS) is 12.0. The number of benzene rings is 3. The summed E-state index contributed by atoms with van der Waals surface area (Å²) in [6.45, 7) is 0. The lowest BCUT2D eigenvalue weighted by atomic mass is 10.0. The molecule has 7 heterocycles. The van der Waals surface area contributed by atoms with Crippen LogP contribution in [-0.4, -0.2) is 29.1 Å². The Balaban J connectivity index is 1.21. The number of nitrogens with zero attached hydrogens (tertiary/aromatic N) is 6. The molecule has 0 aliphatic heterocycles. The van der Waals surface area contributed by atoms with Gasteiger partial charge in [0.2, 0.25) is 0 Å². The fourth-order valence-corrected chi connectivity index (χ4v) is 6.89. The molecule has 0 amide bonds. The van der Waals surface area contributed by atoms with Gasteiger partial charge in [-0.15, -0.1) is 0 Å². The summed E-state index contributed by atoms with van der Waals surface area (Å²) in [7, 11) is 0. The minimum atomic E-state index is 0.831. The molecule has 0 aliphatic rings. The highest BCUT2D eigenvalue weighted by molar-refractivity contribution is 6.12. The van der Waals surface area contributed by atoms with Crippen molar-refractivity contribution in [3.63, 3.8) is 0 Å². The minimum Gasteiger partial charge on any atom is -0.454 e. The molecule has 0 saturated heterocycles. The second-order valence-corrected chi connectivity index (χ2v) is 11.2. The van der Waals surface area contributed by atoms with Crippen molar-refractivity contribution in [2.45, 2.75) is 0 Å². The van der Waals surface area contributed by atoms with Gasteiger partial charge in [0.05, 0.1) is 39.0 Å². The molecule has 7 nitrogen and oxygen atoms in total. The molecule has 0 unspecified atom stereocenters. The van der Waals surface area contributed by atoms with Crippen LogP contribution < -0.4 is 0 Å². The number of aromatic nitrogens is 6. The van der Waals surface area contributed by atoms with E-state index in [2.05, 4.69) is 108 Å². The number of para-hydroxylation sites is 2. The smallest absolute Gasteiger partial charge is 0.159 e. The summed E-state index contributed by atoms with van der Waals surface area (Å²) in [6.07, 6.45) is 9.18. The molecular formula is C38H22N6O. The lowest BCUT2D eigenvalue weighted by Gasteiger charge is -2.13. The summed E-state index contributed by atoms with van der Waals surface area (Å²) in [6, 6.07) is 35.6. The van der Waals surface area contributed by atoms with Crippen LogP contribution in [0.4, 0.5) is 0 Å². The summed E-state index contributed by atoms with van der Waals surface area (Å²) >= 11 is 0. The standard InChI is InChI=1S/C38H22N6O/c1-2-9-28(43-31-12-5-18-41-36(31)37-32(43)13-6-19-42-37)24(7-1)23-14-15-34-26(21-23)25-8-3-10-33(38(25)45-34)44-29-16-20-39-22-27(29)35-30(44)11-4-17-40-35/h1-22H. The number of hydrogen-bond acceptors (Lipinski definition) is 5. The van der Waals surface area contributed by atoms with Gasteiger partial charge in [-0.3, -0.25) is 19.9 Å².